The van der Waals surface area contributed by atoms with Crippen LogP contribution in [-0.4, -0.2) is 27.6 Å². The number of fused-ring (bicyclic) bond motifs is 2. The second kappa shape index (κ2) is 8.33. The van der Waals surface area contributed by atoms with Gasteiger partial charge in [-0.2, -0.15) is 0 Å². The van der Waals surface area contributed by atoms with Gasteiger partial charge in [0.05, 0.1) is 11.3 Å². The minimum Gasteiger partial charge on any atom is -0.494 e. The normalized spacial score (nSPS) is 11.1. The lowest BCUT2D eigenvalue weighted by molar-refractivity contribution is -0.118. The second-order valence-electron chi connectivity index (χ2n) is 7.39. The molecule has 0 saturated carbocycles. The number of aromatic amines is 2. The maximum Gasteiger partial charge on any atom is 0.262 e. The zero-order valence-corrected chi connectivity index (χ0v) is 17.8. The van der Waals surface area contributed by atoms with Crippen molar-refractivity contribution in [3.63, 3.8) is 0 Å². The highest BCUT2D eigenvalue weighted by molar-refractivity contribution is 6.30. The largest absolute Gasteiger partial charge is 0.494 e. The summed E-state index contributed by atoms with van der Waals surface area (Å²) in [6.45, 7) is -0.204. The number of nitrogens with one attached hydrogen (secondary N) is 3. The van der Waals surface area contributed by atoms with E-state index in [0.29, 0.717) is 44.0 Å². The monoisotopic (exact) mass is 460 g/mol. The topological polar surface area (TPSA) is 120 Å². The van der Waals surface area contributed by atoms with Gasteiger partial charge in [-0.3, -0.25) is 4.79 Å². The molecule has 5 aromatic rings. The molecular formula is C24H17ClN4O4. The summed E-state index contributed by atoms with van der Waals surface area (Å²) in [7, 11) is 0. The molecule has 0 fully saturated rings. The molecule has 0 bridgehead atoms. The molecule has 9 heteroatoms. The molecule has 5 rings (SSSR count). The number of ether oxygens (including phenoxy) is 1. The van der Waals surface area contributed by atoms with Crippen molar-refractivity contribution in [2.24, 2.45) is 5.18 Å². The van der Waals surface area contributed by atoms with Gasteiger partial charge in [-0.1, -0.05) is 35.9 Å². The van der Waals surface area contributed by atoms with Crippen molar-refractivity contribution in [1.29, 1.82) is 0 Å². The predicted octanol–water partition coefficient (Wildman–Crippen LogP) is 6.09. The van der Waals surface area contributed by atoms with Crippen LogP contribution in [0.5, 0.6) is 11.6 Å². The smallest absolute Gasteiger partial charge is 0.262 e. The fourth-order valence-corrected chi connectivity index (χ4v) is 3.99. The average molecular weight is 461 g/mol. The number of nitroso groups, excluding NO2 is 1. The summed E-state index contributed by atoms with van der Waals surface area (Å²) in [6.07, 6.45) is 0. The predicted molar refractivity (Wildman–Crippen MR) is 128 cm³/mol. The van der Waals surface area contributed by atoms with E-state index in [2.05, 4.69) is 20.5 Å². The van der Waals surface area contributed by atoms with E-state index in [1.54, 1.807) is 48.5 Å². The molecule has 0 unspecified atom stereocenters. The van der Waals surface area contributed by atoms with E-state index in [1.165, 1.54) is 0 Å². The van der Waals surface area contributed by atoms with Crippen LogP contribution >= 0.6 is 11.6 Å². The molecule has 0 aliphatic rings. The zero-order valence-electron chi connectivity index (χ0n) is 17.1. The van der Waals surface area contributed by atoms with Gasteiger partial charge in [-0.05, 0) is 47.6 Å². The summed E-state index contributed by atoms with van der Waals surface area (Å²) in [4.78, 5) is 30.1. The lowest BCUT2D eigenvalue weighted by Crippen LogP contribution is -2.20. The molecule has 2 aromatic heterocycles. The van der Waals surface area contributed by atoms with Crippen molar-refractivity contribution in [2.45, 2.75) is 0 Å². The molecule has 1 amide bonds. The van der Waals surface area contributed by atoms with Crippen LogP contribution in [0.25, 0.3) is 33.1 Å². The number of hydrogen-bond donors (Lipinski definition) is 4. The molecule has 33 heavy (non-hydrogen) atoms. The SMILES string of the molecule is O=Nc1c(-c2c(O)[nH]c3ccc(NC(=O)COc4cccc(Cl)c4)cc23)[nH]c2ccccc12. The molecule has 164 valence electrons. The molecular weight excluding hydrogens is 444 g/mol. The Hall–Kier alpha value is -4.30. The van der Waals surface area contributed by atoms with Crippen LogP contribution in [0.4, 0.5) is 11.4 Å². The van der Waals surface area contributed by atoms with Gasteiger partial charge >= 0.3 is 0 Å². The van der Waals surface area contributed by atoms with Gasteiger partial charge in [0.2, 0.25) is 0 Å². The number of aromatic hydroxyl groups is 1. The first kappa shape index (κ1) is 20.6. The van der Waals surface area contributed by atoms with E-state index in [9.17, 15) is 14.8 Å². The molecule has 0 spiro atoms. The Morgan fingerprint density at radius 2 is 1.82 bits per heavy atom. The Bertz CT molecular complexity index is 1520. The molecule has 0 atom stereocenters. The van der Waals surface area contributed by atoms with E-state index in [4.69, 9.17) is 16.3 Å². The van der Waals surface area contributed by atoms with Gasteiger partial charge in [0, 0.05) is 32.5 Å². The van der Waals surface area contributed by atoms with Gasteiger partial charge in [0.25, 0.3) is 5.91 Å². The van der Waals surface area contributed by atoms with Crippen LogP contribution in [0.1, 0.15) is 0 Å². The Balaban J connectivity index is 1.46. The summed E-state index contributed by atoms with van der Waals surface area (Å²) in [5.74, 6) is 0.00404. The van der Waals surface area contributed by atoms with Gasteiger partial charge < -0.3 is 25.1 Å². The number of carbonyl (C=O) groups is 1. The van der Waals surface area contributed by atoms with Crippen molar-refractivity contribution in [2.75, 3.05) is 11.9 Å². The maximum atomic E-state index is 12.4. The van der Waals surface area contributed by atoms with Crippen molar-refractivity contribution in [3.8, 4) is 22.9 Å². The van der Waals surface area contributed by atoms with Crippen LogP contribution in [0.15, 0.2) is 71.9 Å². The molecule has 0 radical (unpaired) electrons. The summed E-state index contributed by atoms with van der Waals surface area (Å²) < 4.78 is 5.47. The summed E-state index contributed by atoms with van der Waals surface area (Å²) >= 11 is 5.93. The number of hydrogen-bond acceptors (Lipinski definition) is 5. The third-order valence-electron chi connectivity index (χ3n) is 5.25. The molecule has 0 aliphatic carbocycles. The summed E-state index contributed by atoms with van der Waals surface area (Å²) in [6, 6.07) is 19.2. The Labute approximate surface area is 192 Å². The standard InChI is InChI=1S/C24H17ClN4O4/c25-13-4-3-5-15(10-13)33-12-20(30)26-14-8-9-19-17(11-14)21(24(31)28-19)23-22(29-32)16-6-1-2-7-18(16)27-23/h1-11,27-28,31H,12H2,(H,26,30). The Morgan fingerprint density at radius 1 is 1.00 bits per heavy atom. The van der Waals surface area contributed by atoms with E-state index in [0.717, 1.165) is 5.52 Å². The molecule has 2 heterocycles. The van der Waals surface area contributed by atoms with Crippen LogP contribution in [0.3, 0.4) is 0 Å². The first-order valence-corrected chi connectivity index (χ1v) is 10.4. The Morgan fingerprint density at radius 3 is 2.64 bits per heavy atom. The number of nitrogens with zero attached hydrogens (tertiary/aromatic N) is 1. The quantitative estimate of drug-likeness (QED) is 0.229. The van der Waals surface area contributed by atoms with Crippen molar-refractivity contribution >= 4 is 50.7 Å². The number of H-pyrrole nitrogens is 2. The van der Waals surface area contributed by atoms with Crippen molar-refractivity contribution in [1.82, 2.24) is 9.97 Å². The van der Waals surface area contributed by atoms with Gasteiger partial charge in [-0.25, -0.2) is 0 Å². The summed E-state index contributed by atoms with van der Waals surface area (Å²) in [5.41, 5.74) is 2.83. The van der Waals surface area contributed by atoms with E-state index < -0.39 is 0 Å². The van der Waals surface area contributed by atoms with Gasteiger partial charge in [0.1, 0.15) is 11.4 Å². The molecule has 0 aliphatic heterocycles. The minimum absolute atomic E-state index is 0.116. The van der Waals surface area contributed by atoms with Crippen LogP contribution in [-0.2, 0) is 4.79 Å². The lowest BCUT2D eigenvalue weighted by Gasteiger charge is -2.08. The Kier molecular flexibility index (Phi) is 5.20. The third kappa shape index (κ3) is 3.88. The number of benzene rings is 3. The van der Waals surface area contributed by atoms with Gasteiger partial charge in [-0.15, -0.1) is 4.91 Å². The second-order valence-corrected chi connectivity index (χ2v) is 7.83. The maximum absolute atomic E-state index is 12.4. The van der Waals surface area contributed by atoms with Crippen LogP contribution in [0.2, 0.25) is 5.02 Å². The van der Waals surface area contributed by atoms with E-state index >= 15 is 0 Å². The van der Waals surface area contributed by atoms with E-state index in [1.807, 2.05) is 18.2 Å². The molecule has 4 N–H and O–H groups in total. The molecule has 0 saturated heterocycles. The highest BCUT2D eigenvalue weighted by Crippen LogP contribution is 2.44. The van der Waals surface area contributed by atoms with Crippen LogP contribution < -0.4 is 10.1 Å². The first-order valence-electron chi connectivity index (χ1n) is 10.0. The fraction of sp³-hybridized carbons (Fsp3) is 0.0417. The average Bonchev–Trinajstić information content (AvgIpc) is 3.33. The molecule has 8 nitrogen and oxygen atoms in total. The number of anilines is 1. The number of aromatic nitrogens is 2. The number of para-hydroxylation sites is 1. The number of halogens is 1. The van der Waals surface area contributed by atoms with Crippen molar-refractivity contribution in [3.05, 3.63) is 76.7 Å². The first-order chi connectivity index (χ1) is 16.0. The lowest BCUT2D eigenvalue weighted by atomic mass is 10.1. The highest BCUT2D eigenvalue weighted by Gasteiger charge is 2.21. The third-order valence-corrected chi connectivity index (χ3v) is 5.48. The number of rotatable bonds is 6. The number of carbonyl (C=O) groups excluding carboxylic acids is 1. The van der Waals surface area contributed by atoms with E-state index in [-0.39, 0.29) is 24.1 Å². The minimum atomic E-state index is -0.364. The summed E-state index contributed by atoms with van der Waals surface area (Å²) in [5, 5.41) is 18.3. The number of amides is 1. The molecule has 3 aromatic carbocycles. The van der Waals surface area contributed by atoms with Gasteiger partial charge in [0.15, 0.2) is 12.5 Å². The highest BCUT2D eigenvalue weighted by atomic mass is 35.5. The zero-order chi connectivity index (χ0) is 22.9. The fourth-order valence-electron chi connectivity index (χ4n) is 3.81. The van der Waals surface area contributed by atoms with Crippen LogP contribution in [0, 0.1) is 4.91 Å². The van der Waals surface area contributed by atoms with Crippen molar-refractivity contribution < 1.29 is 14.6 Å².